The van der Waals surface area contributed by atoms with Crippen molar-refractivity contribution in [3.63, 3.8) is 0 Å². The molecule has 0 radical (unpaired) electrons. The maximum Gasteiger partial charge on any atom is 0.338 e. The lowest BCUT2D eigenvalue weighted by Gasteiger charge is -2.25. The maximum absolute atomic E-state index is 11.6. The molecule has 0 amide bonds. The molecule has 0 atom stereocenters. The topological polar surface area (TPSA) is 35.5 Å². The lowest BCUT2D eigenvalue weighted by Crippen LogP contribution is -2.40. The van der Waals surface area contributed by atoms with Crippen LogP contribution in [0.1, 0.15) is 39.5 Å². The Balaban J connectivity index is 2.60. The van der Waals surface area contributed by atoms with Gasteiger partial charge in [-0.1, -0.05) is 0 Å². The van der Waals surface area contributed by atoms with Gasteiger partial charge < -0.3 is 9.47 Å². The highest BCUT2D eigenvalue weighted by Gasteiger charge is 2.43. The van der Waals surface area contributed by atoms with E-state index in [-0.39, 0.29) is 5.97 Å². The van der Waals surface area contributed by atoms with E-state index in [9.17, 15) is 4.79 Å². The zero-order valence-electron chi connectivity index (χ0n) is 8.47. The lowest BCUT2D eigenvalue weighted by molar-refractivity contribution is -0.171. The number of hydrogen-bond acceptors (Lipinski definition) is 3. The van der Waals surface area contributed by atoms with E-state index in [1.165, 1.54) is 0 Å². The SMILES string of the molecule is CCOC(=O)C1(OCC)CCCC1. The van der Waals surface area contributed by atoms with E-state index in [0.29, 0.717) is 13.2 Å². The molecule has 0 heterocycles. The number of carbonyl (C=O) groups is 1. The van der Waals surface area contributed by atoms with Gasteiger partial charge in [-0.05, 0) is 39.5 Å². The van der Waals surface area contributed by atoms with E-state index < -0.39 is 5.60 Å². The number of esters is 1. The molecule has 0 aromatic heterocycles. The van der Waals surface area contributed by atoms with Crippen LogP contribution >= 0.6 is 0 Å². The first-order valence-corrected chi connectivity index (χ1v) is 5.06. The van der Waals surface area contributed by atoms with Crippen molar-refractivity contribution in [2.24, 2.45) is 0 Å². The summed E-state index contributed by atoms with van der Waals surface area (Å²) < 4.78 is 10.5. The Hall–Kier alpha value is -0.570. The van der Waals surface area contributed by atoms with Crippen LogP contribution in [-0.4, -0.2) is 24.8 Å². The first-order chi connectivity index (χ1) is 6.25. The molecule has 0 N–H and O–H groups in total. The molecule has 0 aliphatic heterocycles. The van der Waals surface area contributed by atoms with Gasteiger partial charge in [0, 0.05) is 6.61 Å². The first-order valence-electron chi connectivity index (χ1n) is 5.06. The third kappa shape index (κ3) is 2.21. The summed E-state index contributed by atoms with van der Waals surface area (Å²) in [5, 5.41) is 0. The van der Waals surface area contributed by atoms with E-state index in [2.05, 4.69) is 0 Å². The highest BCUT2D eigenvalue weighted by molar-refractivity contribution is 5.80. The molecule has 76 valence electrons. The highest BCUT2D eigenvalue weighted by atomic mass is 16.6. The predicted octanol–water partition coefficient (Wildman–Crippen LogP) is 1.90. The van der Waals surface area contributed by atoms with Crippen LogP contribution < -0.4 is 0 Å². The van der Waals surface area contributed by atoms with Gasteiger partial charge in [0.25, 0.3) is 0 Å². The molecule has 1 aliphatic carbocycles. The van der Waals surface area contributed by atoms with Crippen LogP contribution in [0.4, 0.5) is 0 Å². The number of carbonyl (C=O) groups excluding carboxylic acids is 1. The summed E-state index contributed by atoms with van der Waals surface area (Å²) >= 11 is 0. The van der Waals surface area contributed by atoms with E-state index in [0.717, 1.165) is 25.7 Å². The summed E-state index contributed by atoms with van der Waals surface area (Å²) in [6.07, 6.45) is 3.77. The average molecular weight is 186 g/mol. The molecule has 0 unspecified atom stereocenters. The van der Waals surface area contributed by atoms with Gasteiger partial charge in [0.05, 0.1) is 6.61 Å². The first kappa shape index (κ1) is 10.5. The number of rotatable bonds is 4. The largest absolute Gasteiger partial charge is 0.464 e. The molecule has 3 nitrogen and oxygen atoms in total. The minimum absolute atomic E-state index is 0.172. The van der Waals surface area contributed by atoms with Crippen LogP contribution in [0.15, 0.2) is 0 Å². The Morgan fingerprint density at radius 2 is 1.85 bits per heavy atom. The minimum Gasteiger partial charge on any atom is -0.464 e. The maximum atomic E-state index is 11.6. The molecule has 1 rings (SSSR count). The van der Waals surface area contributed by atoms with Crippen molar-refractivity contribution in [2.45, 2.75) is 45.1 Å². The van der Waals surface area contributed by atoms with Crippen molar-refractivity contribution in [2.75, 3.05) is 13.2 Å². The Bertz CT molecular complexity index is 171. The molecule has 1 saturated carbocycles. The van der Waals surface area contributed by atoms with Crippen molar-refractivity contribution >= 4 is 5.97 Å². The molecule has 1 aliphatic rings. The van der Waals surface area contributed by atoms with Crippen LogP contribution in [0.5, 0.6) is 0 Å². The standard InChI is InChI=1S/C10H18O3/c1-3-12-9(11)10(13-4-2)7-5-6-8-10/h3-8H2,1-2H3. The van der Waals surface area contributed by atoms with Gasteiger partial charge in [0.1, 0.15) is 0 Å². The average Bonchev–Trinajstić information content (AvgIpc) is 2.55. The van der Waals surface area contributed by atoms with Crippen molar-refractivity contribution < 1.29 is 14.3 Å². The summed E-state index contributed by atoms with van der Waals surface area (Å²) in [6.45, 7) is 4.76. The van der Waals surface area contributed by atoms with Gasteiger partial charge in [-0.25, -0.2) is 4.79 Å². The fourth-order valence-electron chi connectivity index (χ4n) is 1.89. The van der Waals surface area contributed by atoms with Gasteiger partial charge in [0.2, 0.25) is 0 Å². The summed E-state index contributed by atoms with van der Waals surface area (Å²) in [5.41, 5.74) is -0.606. The third-order valence-electron chi connectivity index (χ3n) is 2.48. The predicted molar refractivity (Wildman–Crippen MR) is 49.5 cm³/mol. The van der Waals surface area contributed by atoms with Gasteiger partial charge >= 0.3 is 5.97 Å². The monoisotopic (exact) mass is 186 g/mol. The molecular formula is C10H18O3. The number of hydrogen-bond donors (Lipinski definition) is 0. The summed E-state index contributed by atoms with van der Waals surface area (Å²) in [7, 11) is 0. The summed E-state index contributed by atoms with van der Waals surface area (Å²) in [6, 6.07) is 0. The van der Waals surface area contributed by atoms with Gasteiger partial charge in [-0.3, -0.25) is 0 Å². The fraction of sp³-hybridized carbons (Fsp3) is 0.900. The summed E-state index contributed by atoms with van der Waals surface area (Å²) in [4.78, 5) is 11.6. The summed E-state index contributed by atoms with van der Waals surface area (Å²) in [5.74, 6) is -0.172. The molecule has 0 saturated heterocycles. The molecule has 1 fully saturated rings. The fourth-order valence-corrected chi connectivity index (χ4v) is 1.89. The molecular weight excluding hydrogens is 168 g/mol. The Morgan fingerprint density at radius 3 is 2.31 bits per heavy atom. The van der Waals surface area contributed by atoms with Crippen molar-refractivity contribution in [3.8, 4) is 0 Å². The molecule has 0 bridgehead atoms. The van der Waals surface area contributed by atoms with Gasteiger partial charge in [-0.2, -0.15) is 0 Å². The van der Waals surface area contributed by atoms with Crippen LogP contribution in [0.2, 0.25) is 0 Å². The zero-order valence-corrected chi connectivity index (χ0v) is 8.47. The third-order valence-corrected chi connectivity index (χ3v) is 2.48. The number of ether oxygens (including phenoxy) is 2. The van der Waals surface area contributed by atoms with Gasteiger partial charge in [0.15, 0.2) is 5.60 Å². The quantitative estimate of drug-likeness (QED) is 0.629. The van der Waals surface area contributed by atoms with Gasteiger partial charge in [-0.15, -0.1) is 0 Å². The molecule has 0 aromatic rings. The second-order valence-corrected chi connectivity index (χ2v) is 3.35. The van der Waals surface area contributed by atoms with E-state index in [1.807, 2.05) is 13.8 Å². The lowest BCUT2D eigenvalue weighted by atomic mass is 10.0. The Morgan fingerprint density at radius 1 is 1.23 bits per heavy atom. The molecule has 13 heavy (non-hydrogen) atoms. The van der Waals surface area contributed by atoms with Crippen LogP contribution in [0.3, 0.4) is 0 Å². The minimum atomic E-state index is -0.606. The van der Waals surface area contributed by atoms with Crippen molar-refractivity contribution in [1.29, 1.82) is 0 Å². The molecule has 0 aromatic carbocycles. The van der Waals surface area contributed by atoms with E-state index >= 15 is 0 Å². The van der Waals surface area contributed by atoms with Crippen LogP contribution in [0.25, 0.3) is 0 Å². The second kappa shape index (κ2) is 4.61. The second-order valence-electron chi connectivity index (χ2n) is 3.35. The zero-order chi connectivity index (χ0) is 9.73. The normalized spacial score (nSPS) is 20.2. The Labute approximate surface area is 79.4 Å². The van der Waals surface area contributed by atoms with Crippen LogP contribution in [0, 0.1) is 0 Å². The Kier molecular flexibility index (Phi) is 3.72. The highest BCUT2D eigenvalue weighted by Crippen LogP contribution is 2.34. The van der Waals surface area contributed by atoms with Crippen molar-refractivity contribution in [3.05, 3.63) is 0 Å². The molecule has 3 heteroatoms. The van der Waals surface area contributed by atoms with Crippen molar-refractivity contribution in [1.82, 2.24) is 0 Å². The molecule has 0 spiro atoms. The van der Waals surface area contributed by atoms with Crippen LogP contribution in [-0.2, 0) is 14.3 Å². The van der Waals surface area contributed by atoms with E-state index in [1.54, 1.807) is 0 Å². The smallest absolute Gasteiger partial charge is 0.338 e. The van der Waals surface area contributed by atoms with E-state index in [4.69, 9.17) is 9.47 Å².